The zero-order chi connectivity index (χ0) is 6.69. The van der Waals surface area contributed by atoms with Crippen LogP contribution < -0.4 is 0 Å². The summed E-state index contributed by atoms with van der Waals surface area (Å²) in [4.78, 5) is 23.5. The van der Waals surface area contributed by atoms with Crippen LogP contribution in [0, 0.1) is 0 Å². The SMILES string of the molecule is O=COC1=CN=CC1=O. The maximum Gasteiger partial charge on any atom is 0.298 e. The Hall–Kier alpha value is -1.45. The number of hydrogen-bond acceptors (Lipinski definition) is 4. The molecule has 0 bridgehead atoms. The fourth-order valence-corrected chi connectivity index (χ4v) is 0.440. The van der Waals surface area contributed by atoms with Crippen LogP contribution in [-0.2, 0) is 14.3 Å². The van der Waals surface area contributed by atoms with Crippen molar-refractivity contribution in [1.82, 2.24) is 0 Å². The van der Waals surface area contributed by atoms with Crippen LogP contribution >= 0.6 is 0 Å². The van der Waals surface area contributed by atoms with E-state index >= 15 is 0 Å². The monoisotopic (exact) mass is 125 g/mol. The van der Waals surface area contributed by atoms with Crippen LogP contribution in [0.2, 0.25) is 0 Å². The number of carbonyl (C=O) groups excluding carboxylic acids is 2. The lowest BCUT2D eigenvalue weighted by molar-refractivity contribution is -0.128. The van der Waals surface area contributed by atoms with Gasteiger partial charge in [-0.15, -0.1) is 0 Å². The van der Waals surface area contributed by atoms with E-state index in [0.717, 1.165) is 6.21 Å². The van der Waals surface area contributed by atoms with Gasteiger partial charge in [-0.05, 0) is 0 Å². The molecule has 0 spiro atoms. The molecule has 9 heavy (non-hydrogen) atoms. The molecule has 1 aliphatic rings. The molecular weight excluding hydrogens is 122 g/mol. The van der Waals surface area contributed by atoms with Gasteiger partial charge in [-0.3, -0.25) is 14.6 Å². The lowest BCUT2D eigenvalue weighted by Crippen LogP contribution is -2.01. The number of aliphatic imine (C=N–C) groups is 1. The number of rotatable bonds is 2. The van der Waals surface area contributed by atoms with Gasteiger partial charge in [0.05, 0.1) is 12.4 Å². The highest BCUT2D eigenvalue weighted by molar-refractivity contribution is 6.36. The van der Waals surface area contributed by atoms with Crippen molar-refractivity contribution < 1.29 is 14.3 Å². The molecule has 0 radical (unpaired) electrons. The van der Waals surface area contributed by atoms with Gasteiger partial charge in [-0.2, -0.15) is 0 Å². The predicted molar refractivity (Wildman–Crippen MR) is 28.7 cm³/mol. The number of carbonyl (C=O) groups is 2. The molecule has 0 aliphatic carbocycles. The molecule has 0 N–H and O–H groups in total. The average Bonchev–Trinajstić information content (AvgIpc) is 2.18. The van der Waals surface area contributed by atoms with Crippen molar-refractivity contribution in [2.75, 3.05) is 0 Å². The van der Waals surface area contributed by atoms with Crippen molar-refractivity contribution >= 4 is 18.5 Å². The normalized spacial score (nSPS) is 15.6. The average molecular weight is 125 g/mol. The van der Waals surface area contributed by atoms with Gasteiger partial charge in [0.2, 0.25) is 5.78 Å². The highest BCUT2D eigenvalue weighted by Crippen LogP contribution is 2.01. The second-order valence-electron chi connectivity index (χ2n) is 1.35. The van der Waals surface area contributed by atoms with E-state index in [9.17, 15) is 9.59 Å². The summed E-state index contributed by atoms with van der Waals surface area (Å²) in [6.07, 6.45) is 2.27. The molecule has 46 valence electrons. The van der Waals surface area contributed by atoms with E-state index in [4.69, 9.17) is 0 Å². The van der Waals surface area contributed by atoms with E-state index in [2.05, 4.69) is 9.73 Å². The standard InChI is InChI=1S/C5H3NO3/c7-3-9-5-2-6-1-4(5)8/h1-3H. The second-order valence-corrected chi connectivity index (χ2v) is 1.35. The smallest absolute Gasteiger partial charge is 0.298 e. The number of ketones is 1. The molecule has 1 rings (SSSR count). The van der Waals surface area contributed by atoms with Crippen LogP contribution in [0.5, 0.6) is 0 Å². The molecule has 0 amide bonds. The third-order valence-corrected chi connectivity index (χ3v) is 0.802. The Balaban J connectivity index is 2.64. The van der Waals surface area contributed by atoms with Crippen LogP contribution in [0.3, 0.4) is 0 Å². The molecule has 4 heteroatoms. The van der Waals surface area contributed by atoms with Gasteiger partial charge in [0, 0.05) is 0 Å². The van der Waals surface area contributed by atoms with Crippen molar-refractivity contribution in [1.29, 1.82) is 0 Å². The molecule has 0 saturated carbocycles. The molecule has 0 atom stereocenters. The zero-order valence-electron chi connectivity index (χ0n) is 4.40. The number of allylic oxidation sites excluding steroid dienone is 1. The van der Waals surface area contributed by atoms with E-state index in [1.807, 2.05) is 0 Å². The second kappa shape index (κ2) is 2.21. The summed E-state index contributed by atoms with van der Waals surface area (Å²) in [5, 5.41) is 0. The Labute approximate surface area is 50.8 Å². The Bertz CT molecular complexity index is 204. The van der Waals surface area contributed by atoms with Gasteiger partial charge in [0.25, 0.3) is 6.47 Å². The van der Waals surface area contributed by atoms with Gasteiger partial charge in [0.1, 0.15) is 0 Å². The largest absolute Gasteiger partial charge is 0.423 e. The first-order valence-corrected chi connectivity index (χ1v) is 2.22. The van der Waals surface area contributed by atoms with Gasteiger partial charge >= 0.3 is 0 Å². The van der Waals surface area contributed by atoms with Crippen LogP contribution in [-0.4, -0.2) is 18.5 Å². The summed E-state index contributed by atoms with van der Waals surface area (Å²) < 4.78 is 4.22. The fraction of sp³-hybridized carbons (Fsp3) is 0. The summed E-state index contributed by atoms with van der Waals surface area (Å²) >= 11 is 0. The lowest BCUT2D eigenvalue weighted by Gasteiger charge is -1.89. The van der Waals surface area contributed by atoms with Gasteiger partial charge in [-0.1, -0.05) is 0 Å². The minimum Gasteiger partial charge on any atom is -0.423 e. The number of nitrogens with zero attached hydrogens (tertiary/aromatic N) is 1. The molecule has 0 fully saturated rings. The topological polar surface area (TPSA) is 55.7 Å². The Morgan fingerprint density at radius 3 is 2.89 bits per heavy atom. The molecule has 1 heterocycles. The third-order valence-electron chi connectivity index (χ3n) is 0.802. The first-order valence-electron chi connectivity index (χ1n) is 2.22. The van der Waals surface area contributed by atoms with Crippen LogP contribution in [0.25, 0.3) is 0 Å². The maximum atomic E-state index is 10.5. The van der Waals surface area contributed by atoms with Crippen LogP contribution in [0.1, 0.15) is 0 Å². The number of Topliss-reactive ketones (excluding diaryl/α,β-unsaturated/α-hetero) is 1. The Morgan fingerprint density at radius 2 is 2.44 bits per heavy atom. The minimum atomic E-state index is -0.373. The fourth-order valence-electron chi connectivity index (χ4n) is 0.440. The van der Waals surface area contributed by atoms with Crippen molar-refractivity contribution in [3.63, 3.8) is 0 Å². The van der Waals surface area contributed by atoms with Crippen molar-refractivity contribution in [3.8, 4) is 0 Å². The van der Waals surface area contributed by atoms with Crippen molar-refractivity contribution in [2.24, 2.45) is 4.99 Å². The molecule has 0 aromatic carbocycles. The van der Waals surface area contributed by atoms with Crippen molar-refractivity contribution in [2.45, 2.75) is 0 Å². The molecule has 0 aromatic rings. The predicted octanol–water partition coefficient (Wildman–Crippen LogP) is -0.346. The molecule has 0 aromatic heterocycles. The highest BCUT2D eigenvalue weighted by Gasteiger charge is 2.11. The molecule has 0 unspecified atom stereocenters. The van der Waals surface area contributed by atoms with Gasteiger partial charge in [0.15, 0.2) is 5.76 Å². The summed E-state index contributed by atoms with van der Waals surface area (Å²) in [6.45, 7) is 0.193. The van der Waals surface area contributed by atoms with E-state index in [0.29, 0.717) is 0 Å². The van der Waals surface area contributed by atoms with E-state index in [-0.39, 0.29) is 18.0 Å². The summed E-state index contributed by atoms with van der Waals surface area (Å²) in [5.41, 5.74) is 0. The van der Waals surface area contributed by atoms with E-state index in [1.165, 1.54) is 6.20 Å². The Kier molecular flexibility index (Phi) is 1.40. The van der Waals surface area contributed by atoms with E-state index < -0.39 is 0 Å². The summed E-state index contributed by atoms with van der Waals surface area (Å²) in [6, 6.07) is 0. The first kappa shape index (κ1) is 5.68. The quantitative estimate of drug-likeness (QED) is 0.474. The maximum absolute atomic E-state index is 10.5. The third kappa shape index (κ3) is 1.02. The minimum absolute atomic E-state index is 0.0231. The molecular formula is C5H3NO3. The Morgan fingerprint density at radius 1 is 1.67 bits per heavy atom. The van der Waals surface area contributed by atoms with Crippen LogP contribution in [0.15, 0.2) is 17.0 Å². The van der Waals surface area contributed by atoms with Gasteiger partial charge < -0.3 is 4.74 Å². The van der Waals surface area contributed by atoms with Crippen LogP contribution in [0.4, 0.5) is 0 Å². The highest BCUT2D eigenvalue weighted by atomic mass is 16.5. The first-order chi connectivity index (χ1) is 4.34. The van der Waals surface area contributed by atoms with Gasteiger partial charge in [-0.25, -0.2) is 0 Å². The van der Waals surface area contributed by atoms with E-state index in [1.54, 1.807) is 0 Å². The summed E-state index contributed by atoms with van der Waals surface area (Å²) in [7, 11) is 0. The zero-order valence-corrected chi connectivity index (χ0v) is 4.40. The van der Waals surface area contributed by atoms with Crippen molar-refractivity contribution in [3.05, 3.63) is 12.0 Å². The molecule has 4 nitrogen and oxygen atoms in total. The molecule has 1 aliphatic heterocycles. The molecule has 0 saturated heterocycles. The lowest BCUT2D eigenvalue weighted by atomic mass is 10.4. The number of ether oxygens (including phenoxy) is 1. The number of hydrogen-bond donors (Lipinski definition) is 0. The summed E-state index contributed by atoms with van der Waals surface area (Å²) in [5.74, 6) is -0.396.